The van der Waals surface area contributed by atoms with E-state index in [0.29, 0.717) is 22.4 Å². The second-order valence-electron chi connectivity index (χ2n) is 8.44. The van der Waals surface area contributed by atoms with Crippen LogP contribution in [0.3, 0.4) is 0 Å². The number of aliphatic imine (C=N–C) groups is 1. The molecular formula is C24H18Cl2N8O. The van der Waals surface area contributed by atoms with E-state index in [1.807, 2.05) is 28.8 Å². The number of halogens is 2. The SMILES string of the molecule is Nc1ccc(C2=CN=C([C@@H]3CCc4cc(-c5cc(Cl)ccc5-n5cnnn5)cc(=O)n43)C2)c(Cl)n1. The van der Waals surface area contributed by atoms with E-state index < -0.39 is 0 Å². The molecule has 0 saturated heterocycles. The maximum absolute atomic E-state index is 13.4. The lowest BCUT2D eigenvalue weighted by molar-refractivity contribution is 0.651. The first-order valence-electron chi connectivity index (χ1n) is 10.9. The highest BCUT2D eigenvalue weighted by Crippen LogP contribution is 2.37. The van der Waals surface area contributed by atoms with Crippen molar-refractivity contribution in [2.45, 2.75) is 25.3 Å². The van der Waals surface area contributed by atoms with Crippen molar-refractivity contribution in [3.63, 3.8) is 0 Å². The van der Waals surface area contributed by atoms with Gasteiger partial charge >= 0.3 is 0 Å². The second kappa shape index (κ2) is 8.44. The summed E-state index contributed by atoms with van der Waals surface area (Å²) in [4.78, 5) is 22.2. The zero-order chi connectivity index (χ0) is 24.1. The Hall–Kier alpha value is -3.82. The molecule has 0 amide bonds. The van der Waals surface area contributed by atoms with Crippen molar-refractivity contribution in [3.05, 3.63) is 86.8 Å². The van der Waals surface area contributed by atoms with Crippen LogP contribution in [0.1, 0.15) is 30.1 Å². The number of anilines is 1. The van der Waals surface area contributed by atoms with Crippen molar-refractivity contribution in [2.75, 3.05) is 5.73 Å². The van der Waals surface area contributed by atoms with Gasteiger partial charge in [-0.05, 0) is 70.8 Å². The van der Waals surface area contributed by atoms with Crippen molar-refractivity contribution in [1.82, 2.24) is 29.8 Å². The highest BCUT2D eigenvalue weighted by Gasteiger charge is 2.30. The lowest BCUT2D eigenvalue weighted by Crippen LogP contribution is -2.27. The number of nitrogen functional groups attached to an aromatic ring is 1. The maximum atomic E-state index is 13.4. The van der Waals surface area contributed by atoms with E-state index in [1.165, 1.54) is 6.33 Å². The molecule has 174 valence electrons. The predicted octanol–water partition coefficient (Wildman–Crippen LogP) is 4.15. The van der Waals surface area contributed by atoms with Crippen LogP contribution in [0.2, 0.25) is 10.2 Å². The van der Waals surface area contributed by atoms with Gasteiger partial charge in [-0.3, -0.25) is 9.79 Å². The summed E-state index contributed by atoms with van der Waals surface area (Å²) in [6.07, 6.45) is 5.46. The number of aryl methyl sites for hydroxylation is 1. The smallest absolute Gasteiger partial charge is 0.251 e. The molecule has 9 nitrogen and oxygen atoms in total. The van der Waals surface area contributed by atoms with Crippen LogP contribution in [-0.4, -0.2) is 35.5 Å². The molecule has 0 radical (unpaired) electrons. The maximum Gasteiger partial charge on any atom is 0.251 e. The minimum absolute atomic E-state index is 0.0917. The highest BCUT2D eigenvalue weighted by molar-refractivity contribution is 6.31. The van der Waals surface area contributed by atoms with E-state index in [9.17, 15) is 4.79 Å². The van der Waals surface area contributed by atoms with Crippen molar-refractivity contribution in [3.8, 4) is 16.8 Å². The average molecular weight is 505 g/mol. The number of nitrogens with zero attached hydrogens (tertiary/aromatic N) is 7. The van der Waals surface area contributed by atoms with Crippen LogP contribution < -0.4 is 11.3 Å². The Labute approximate surface area is 209 Å². The fourth-order valence-electron chi connectivity index (χ4n) is 4.78. The first-order valence-corrected chi connectivity index (χ1v) is 11.7. The Bertz CT molecular complexity index is 1590. The van der Waals surface area contributed by atoms with Crippen molar-refractivity contribution in [1.29, 1.82) is 0 Å². The summed E-state index contributed by atoms with van der Waals surface area (Å²) in [7, 11) is 0. The Morgan fingerprint density at radius 3 is 2.74 bits per heavy atom. The summed E-state index contributed by atoms with van der Waals surface area (Å²) in [5, 5.41) is 12.3. The minimum atomic E-state index is -0.112. The van der Waals surface area contributed by atoms with Gasteiger partial charge in [-0.25, -0.2) is 4.98 Å². The van der Waals surface area contributed by atoms with Crippen LogP contribution in [0.5, 0.6) is 0 Å². The van der Waals surface area contributed by atoms with Crippen molar-refractivity contribution >= 4 is 40.3 Å². The predicted molar refractivity (Wildman–Crippen MR) is 135 cm³/mol. The minimum Gasteiger partial charge on any atom is -0.384 e. The molecule has 5 heterocycles. The quantitative estimate of drug-likeness (QED) is 0.417. The molecule has 35 heavy (non-hydrogen) atoms. The molecule has 4 aromatic rings. The van der Waals surface area contributed by atoms with Gasteiger partial charge in [0.15, 0.2) is 0 Å². The highest BCUT2D eigenvalue weighted by atomic mass is 35.5. The van der Waals surface area contributed by atoms with E-state index in [4.69, 9.17) is 28.9 Å². The van der Waals surface area contributed by atoms with Crippen LogP contribution in [0.4, 0.5) is 5.82 Å². The molecule has 2 aliphatic heterocycles. The van der Waals surface area contributed by atoms with Gasteiger partial charge in [0, 0.05) is 46.2 Å². The summed E-state index contributed by atoms with van der Waals surface area (Å²) in [5.74, 6) is 0.369. The third-order valence-electron chi connectivity index (χ3n) is 6.36. The summed E-state index contributed by atoms with van der Waals surface area (Å²) in [5.41, 5.74) is 11.6. The van der Waals surface area contributed by atoms with Gasteiger partial charge in [0.05, 0.1) is 11.7 Å². The molecule has 3 aromatic heterocycles. The van der Waals surface area contributed by atoms with Gasteiger partial charge in [-0.1, -0.05) is 23.2 Å². The van der Waals surface area contributed by atoms with Gasteiger partial charge in [0.2, 0.25) is 0 Å². The average Bonchev–Trinajstić information content (AvgIpc) is 3.59. The Balaban J connectivity index is 1.33. The Morgan fingerprint density at radius 1 is 1.06 bits per heavy atom. The molecule has 0 bridgehead atoms. The number of pyridine rings is 2. The molecule has 0 aliphatic carbocycles. The zero-order valence-corrected chi connectivity index (χ0v) is 19.8. The fourth-order valence-corrected chi connectivity index (χ4v) is 5.23. The Morgan fingerprint density at radius 2 is 1.94 bits per heavy atom. The molecule has 1 aromatic carbocycles. The molecule has 2 N–H and O–H groups in total. The summed E-state index contributed by atoms with van der Waals surface area (Å²) >= 11 is 12.6. The van der Waals surface area contributed by atoms with Crippen LogP contribution in [0, 0.1) is 0 Å². The second-order valence-corrected chi connectivity index (χ2v) is 9.23. The van der Waals surface area contributed by atoms with Gasteiger partial charge in [-0.15, -0.1) is 5.10 Å². The summed E-state index contributed by atoms with van der Waals surface area (Å²) in [6.45, 7) is 0. The van der Waals surface area contributed by atoms with E-state index >= 15 is 0 Å². The zero-order valence-electron chi connectivity index (χ0n) is 18.3. The van der Waals surface area contributed by atoms with Crippen molar-refractivity contribution < 1.29 is 0 Å². The number of rotatable bonds is 4. The third kappa shape index (κ3) is 3.82. The monoisotopic (exact) mass is 504 g/mol. The lowest BCUT2D eigenvalue weighted by atomic mass is 10.00. The number of hydrogen-bond acceptors (Lipinski definition) is 7. The number of allylic oxidation sites excluding steroid dienone is 1. The fraction of sp³-hybridized carbons (Fsp3) is 0.167. The summed E-state index contributed by atoms with van der Waals surface area (Å²) in [6, 6.07) is 12.5. The number of fused-ring (bicyclic) bond motifs is 1. The van der Waals surface area contributed by atoms with E-state index in [0.717, 1.165) is 52.2 Å². The molecule has 6 rings (SSSR count). The largest absolute Gasteiger partial charge is 0.384 e. The first kappa shape index (κ1) is 21.7. The van der Waals surface area contributed by atoms with E-state index in [-0.39, 0.29) is 11.6 Å². The standard InChI is InChI=1S/C24H18Cl2N8O/c25-15-1-4-20(33-12-29-31-32-33)18(10-15)13-7-16-2-5-21(34(16)23(35)9-13)19-8-14(11-28-19)17-3-6-22(27)30-24(17)26/h1,3-4,6-7,9-12,21H,2,5,8H2,(H2,27,30)/t21-/m0/s1. The Kier molecular flexibility index (Phi) is 5.23. The van der Waals surface area contributed by atoms with Gasteiger partial charge in [0.25, 0.3) is 5.56 Å². The van der Waals surface area contributed by atoms with Crippen LogP contribution in [-0.2, 0) is 6.42 Å². The molecule has 0 fully saturated rings. The van der Waals surface area contributed by atoms with Crippen LogP contribution in [0.15, 0.2) is 64.8 Å². The molecule has 0 unspecified atom stereocenters. The van der Waals surface area contributed by atoms with E-state index in [2.05, 4.69) is 25.5 Å². The molecule has 0 spiro atoms. The van der Waals surface area contributed by atoms with Crippen molar-refractivity contribution in [2.24, 2.45) is 4.99 Å². The van der Waals surface area contributed by atoms with Gasteiger partial charge in [-0.2, -0.15) is 4.68 Å². The number of nitrogens with two attached hydrogens (primary N) is 1. The topological polar surface area (TPSA) is 117 Å². The first-order chi connectivity index (χ1) is 17.0. The van der Waals surface area contributed by atoms with Crippen LogP contribution in [0.25, 0.3) is 22.4 Å². The third-order valence-corrected chi connectivity index (χ3v) is 6.88. The summed E-state index contributed by atoms with van der Waals surface area (Å²) < 4.78 is 3.39. The molecule has 11 heteroatoms. The number of benzene rings is 1. The lowest BCUT2D eigenvalue weighted by Gasteiger charge is -2.17. The van der Waals surface area contributed by atoms with Gasteiger partial charge < -0.3 is 10.3 Å². The number of aromatic nitrogens is 6. The number of tetrazole rings is 1. The van der Waals surface area contributed by atoms with E-state index in [1.54, 1.807) is 29.1 Å². The number of hydrogen-bond donors (Lipinski definition) is 1. The molecule has 2 aliphatic rings. The normalized spacial score (nSPS) is 16.8. The molecule has 1 atom stereocenters. The van der Waals surface area contributed by atoms with Gasteiger partial charge in [0.1, 0.15) is 17.3 Å². The van der Waals surface area contributed by atoms with Crippen LogP contribution >= 0.6 is 23.2 Å². The molecular weight excluding hydrogens is 487 g/mol. The molecule has 0 saturated carbocycles.